The molecule has 1 fully saturated rings. The second kappa shape index (κ2) is 20.1. The van der Waals surface area contributed by atoms with Crippen LogP contribution in [0.25, 0.3) is 0 Å². The maximum absolute atomic E-state index is 12.3. The van der Waals surface area contributed by atoms with Crippen LogP contribution in [0.1, 0.15) is 32.1 Å². The van der Waals surface area contributed by atoms with Crippen LogP contribution in [0.3, 0.4) is 0 Å². The van der Waals surface area contributed by atoms with E-state index < -0.39 is 0 Å². The van der Waals surface area contributed by atoms with Crippen LogP contribution in [-0.4, -0.2) is 113 Å². The normalized spacial score (nSPS) is 17.1. The molecule has 0 unspecified atom stereocenters. The number of amides is 4. The fourth-order valence-electron chi connectivity index (χ4n) is 3.27. The average molecular weight is 563 g/mol. The molecule has 0 aromatic carbocycles. The van der Waals surface area contributed by atoms with Crippen LogP contribution in [0.15, 0.2) is 0 Å². The van der Waals surface area contributed by atoms with Gasteiger partial charge in [-0.15, -0.1) is 0 Å². The van der Waals surface area contributed by atoms with Crippen LogP contribution in [0, 0.1) is 0 Å². The summed E-state index contributed by atoms with van der Waals surface area (Å²) in [5.74, 6) is -0.738. The van der Waals surface area contributed by atoms with Gasteiger partial charge in [-0.1, -0.05) is 0 Å². The third kappa shape index (κ3) is 14.3. The first-order chi connectivity index (χ1) is 15.9. The third-order valence-electron chi connectivity index (χ3n) is 5.16. The number of methoxy groups -OCH3 is 1. The molecule has 1 heterocycles. The zero-order valence-electron chi connectivity index (χ0n) is 20.2. The standard InChI is InChI=1S/C21H38N4O8.Y/c1-22-18(27)5-6-19(28)24-8-9-32-10-11-33-15-20(29)23-7-3-4-21(30)25-13-17(31-2)12-16(25)14-26;/h16-17,26H,3-15H2,1-2H3,(H,22,27)(H,23,29)(H,24,28);/t16-,17+;/m1./s1. The molecule has 1 radical (unpaired) electrons. The van der Waals surface area contributed by atoms with Crippen LogP contribution < -0.4 is 16.0 Å². The number of hydrogen-bond donors (Lipinski definition) is 4. The van der Waals surface area contributed by atoms with Crippen LogP contribution >= 0.6 is 0 Å². The van der Waals surface area contributed by atoms with Crippen molar-refractivity contribution >= 4 is 23.6 Å². The van der Waals surface area contributed by atoms with Gasteiger partial charge in [0.25, 0.3) is 0 Å². The summed E-state index contributed by atoms with van der Waals surface area (Å²) in [6.07, 6.45) is 1.63. The molecule has 2 atom stereocenters. The Kier molecular flexibility index (Phi) is 19.4. The van der Waals surface area contributed by atoms with E-state index in [9.17, 15) is 24.3 Å². The van der Waals surface area contributed by atoms with Crippen molar-refractivity contribution < 1.29 is 71.2 Å². The molecule has 12 nitrogen and oxygen atoms in total. The summed E-state index contributed by atoms with van der Waals surface area (Å²) in [5, 5.41) is 17.2. The Morgan fingerprint density at radius 2 is 1.62 bits per heavy atom. The van der Waals surface area contributed by atoms with Gasteiger partial charge in [0.2, 0.25) is 23.6 Å². The van der Waals surface area contributed by atoms with Crippen LogP contribution in [0.2, 0.25) is 0 Å². The summed E-state index contributed by atoms with van der Waals surface area (Å²) < 4.78 is 15.8. The molecule has 13 heteroatoms. The third-order valence-corrected chi connectivity index (χ3v) is 5.16. The Morgan fingerprint density at radius 1 is 0.941 bits per heavy atom. The van der Waals surface area contributed by atoms with Crippen LogP contribution in [0.5, 0.6) is 0 Å². The summed E-state index contributed by atoms with van der Waals surface area (Å²) in [7, 11) is 3.11. The van der Waals surface area contributed by atoms with E-state index >= 15 is 0 Å². The quantitative estimate of drug-likeness (QED) is 0.151. The first kappa shape index (κ1) is 32.8. The van der Waals surface area contributed by atoms with Gasteiger partial charge in [0.1, 0.15) is 6.61 Å². The number of likely N-dealkylation sites (tertiary alicyclic amines) is 1. The van der Waals surface area contributed by atoms with Crippen molar-refractivity contribution in [3.8, 4) is 0 Å². The maximum atomic E-state index is 12.3. The van der Waals surface area contributed by atoms with Gasteiger partial charge >= 0.3 is 0 Å². The minimum Gasteiger partial charge on any atom is -0.394 e. The number of nitrogens with one attached hydrogen (secondary N) is 3. The van der Waals surface area contributed by atoms with Crippen molar-refractivity contribution in [1.29, 1.82) is 0 Å². The Bertz CT molecular complexity index is 626. The largest absolute Gasteiger partial charge is 0.394 e. The van der Waals surface area contributed by atoms with Crippen LogP contribution in [0.4, 0.5) is 0 Å². The minimum atomic E-state index is -0.278. The molecule has 1 aliphatic rings. The van der Waals surface area contributed by atoms with Crippen molar-refractivity contribution in [2.75, 3.05) is 66.8 Å². The summed E-state index contributed by atoms with van der Waals surface area (Å²) in [6.45, 7) is 1.78. The Hall–Kier alpha value is -1.18. The topological polar surface area (TPSA) is 156 Å². The second-order valence-corrected chi connectivity index (χ2v) is 7.62. The molecule has 0 aliphatic carbocycles. The van der Waals surface area contributed by atoms with Gasteiger partial charge in [-0.05, 0) is 12.8 Å². The first-order valence-electron chi connectivity index (χ1n) is 11.2. The van der Waals surface area contributed by atoms with Gasteiger partial charge < -0.3 is 40.2 Å². The molecule has 1 aliphatic heterocycles. The van der Waals surface area contributed by atoms with E-state index in [0.717, 1.165) is 0 Å². The van der Waals surface area contributed by atoms with Crippen molar-refractivity contribution in [3.63, 3.8) is 0 Å². The molecule has 0 aromatic rings. The molecule has 1 rings (SSSR count). The van der Waals surface area contributed by atoms with Crippen molar-refractivity contribution in [2.24, 2.45) is 0 Å². The molecule has 193 valence electrons. The molecule has 0 saturated carbocycles. The zero-order valence-corrected chi connectivity index (χ0v) is 23.0. The maximum Gasteiger partial charge on any atom is 0.245 e. The fourth-order valence-corrected chi connectivity index (χ4v) is 3.27. The molecule has 0 aromatic heterocycles. The number of aliphatic hydroxyl groups is 1. The van der Waals surface area contributed by atoms with Crippen LogP contribution in [-0.2, 0) is 66.1 Å². The summed E-state index contributed by atoms with van der Waals surface area (Å²) >= 11 is 0. The van der Waals surface area contributed by atoms with Crippen molar-refractivity contribution in [1.82, 2.24) is 20.9 Å². The number of carbonyl (C=O) groups excluding carboxylic acids is 4. The van der Waals surface area contributed by atoms with Gasteiger partial charge in [0.15, 0.2) is 0 Å². The average Bonchev–Trinajstić information content (AvgIpc) is 3.25. The molecule has 1 saturated heterocycles. The van der Waals surface area contributed by atoms with E-state index in [2.05, 4.69) is 16.0 Å². The molecule has 0 bridgehead atoms. The number of rotatable bonds is 17. The second-order valence-electron chi connectivity index (χ2n) is 7.62. The molecule has 34 heavy (non-hydrogen) atoms. The number of carbonyl (C=O) groups is 4. The molecule has 4 amide bonds. The van der Waals surface area contributed by atoms with E-state index in [4.69, 9.17) is 14.2 Å². The van der Waals surface area contributed by atoms with Crippen molar-refractivity contribution in [2.45, 2.75) is 44.2 Å². The Morgan fingerprint density at radius 3 is 2.29 bits per heavy atom. The number of aliphatic hydroxyl groups excluding tert-OH is 1. The predicted octanol–water partition coefficient (Wildman–Crippen LogP) is -1.84. The number of hydrogen-bond acceptors (Lipinski definition) is 8. The van der Waals surface area contributed by atoms with Gasteiger partial charge in [0, 0.05) is 85.8 Å². The minimum absolute atomic E-state index is 0. The van der Waals surface area contributed by atoms with E-state index in [1.165, 1.54) is 7.05 Å². The number of ether oxygens (including phenoxy) is 3. The van der Waals surface area contributed by atoms with E-state index in [1.807, 2.05) is 0 Å². The summed E-state index contributed by atoms with van der Waals surface area (Å²) in [6, 6.07) is -0.210. The van der Waals surface area contributed by atoms with Gasteiger partial charge in [-0.25, -0.2) is 0 Å². The monoisotopic (exact) mass is 563 g/mol. The summed E-state index contributed by atoms with van der Waals surface area (Å²) in [4.78, 5) is 48.3. The molecular formula is C21H38N4O8Y. The molecule has 0 spiro atoms. The van der Waals surface area contributed by atoms with E-state index in [1.54, 1.807) is 12.0 Å². The SMILES string of the molecule is CNC(=O)CCC(=O)NCCOCCOCC(=O)NCCCC(=O)N1C[C@@H](OC)C[C@@H]1CO.[Y]. The van der Waals surface area contributed by atoms with Crippen molar-refractivity contribution in [3.05, 3.63) is 0 Å². The fraction of sp³-hybridized carbons (Fsp3) is 0.810. The first-order valence-corrected chi connectivity index (χ1v) is 11.2. The Labute approximate surface area is 226 Å². The number of nitrogens with zero attached hydrogens (tertiary/aromatic N) is 1. The van der Waals surface area contributed by atoms with Gasteiger partial charge in [0.05, 0.1) is 38.6 Å². The van der Waals surface area contributed by atoms with Gasteiger partial charge in [-0.2, -0.15) is 0 Å². The van der Waals surface area contributed by atoms with E-state index in [0.29, 0.717) is 39.1 Å². The van der Waals surface area contributed by atoms with E-state index in [-0.39, 0.29) is 114 Å². The predicted molar refractivity (Wildman–Crippen MR) is 118 cm³/mol. The molecule has 4 N–H and O–H groups in total. The smallest absolute Gasteiger partial charge is 0.245 e. The Balaban J connectivity index is 0.0000109. The summed E-state index contributed by atoms with van der Waals surface area (Å²) in [5.41, 5.74) is 0. The molecular weight excluding hydrogens is 525 g/mol. The van der Waals surface area contributed by atoms with Gasteiger partial charge in [-0.3, -0.25) is 19.2 Å². The zero-order chi connectivity index (χ0) is 24.5.